The van der Waals surface area contributed by atoms with Gasteiger partial charge in [-0.1, -0.05) is 17.7 Å². The molecule has 1 aliphatic carbocycles. The van der Waals surface area contributed by atoms with Crippen molar-refractivity contribution in [3.05, 3.63) is 46.7 Å². The van der Waals surface area contributed by atoms with Crippen LogP contribution in [-0.2, 0) is 4.74 Å². The van der Waals surface area contributed by atoms with E-state index in [9.17, 15) is 4.79 Å². The highest BCUT2D eigenvalue weighted by Gasteiger charge is 2.26. The fraction of sp³-hybridized carbons (Fsp3) is 0.389. The van der Waals surface area contributed by atoms with Crippen molar-refractivity contribution in [3.8, 4) is 0 Å². The number of aromatic nitrogens is 2. The summed E-state index contributed by atoms with van der Waals surface area (Å²) >= 11 is 6.39. The molecule has 1 aromatic carbocycles. The molecule has 0 radical (unpaired) electrons. The molecule has 0 bridgehead atoms. The molecule has 2 aromatic rings. The summed E-state index contributed by atoms with van der Waals surface area (Å²) in [6.45, 7) is 1.05. The minimum atomic E-state index is -0.936. The van der Waals surface area contributed by atoms with E-state index in [0.717, 1.165) is 5.56 Å². The van der Waals surface area contributed by atoms with Gasteiger partial charge in [-0.05, 0) is 42.0 Å². The van der Waals surface area contributed by atoms with E-state index in [1.54, 1.807) is 6.07 Å². The van der Waals surface area contributed by atoms with E-state index in [2.05, 4.69) is 15.3 Å². The molecule has 1 saturated heterocycles. The molecule has 1 unspecified atom stereocenters. The Bertz CT molecular complexity index is 811. The Morgan fingerprint density at radius 2 is 2.04 bits per heavy atom. The van der Waals surface area contributed by atoms with Gasteiger partial charge in [0.25, 0.3) is 0 Å². The number of carboxylic acid groups (broad SMARTS) is 1. The number of nitrogens with zero attached hydrogens (tertiary/aromatic N) is 3. The quantitative estimate of drug-likeness (QED) is 0.846. The average molecular weight is 375 g/mol. The van der Waals surface area contributed by atoms with E-state index >= 15 is 0 Å². The van der Waals surface area contributed by atoms with Crippen LogP contribution in [0.25, 0.3) is 0 Å². The van der Waals surface area contributed by atoms with Crippen LogP contribution in [0.4, 0.5) is 16.4 Å². The molecule has 4 rings (SSSR count). The Balaban J connectivity index is 1.46. The Morgan fingerprint density at radius 1 is 1.27 bits per heavy atom. The van der Waals surface area contributed by atoms with E-state index in [1.165, 1.54) is 23.3 Å². The summed E-state index contributed by atoms with van der Waals surface area (Å²) < 4.78 is 5.69. The number of hydrogen-bond acceptors (Lipinski definition) is 5. The normalized spacial score (nSPS) is 20.0. The summed E-state index contributed by atoms with van der Waals surface area (Å²) in [5.74, 6) is 1.11. The fourth-order valence-electron chi connectivity index (χ4n) is 3.01. The van der Waals surface area contributed by atoms with Gasteiger partial charge < -0.3 is 20.1 Å². The van der Waals surface area contributed by atoms with Crippen molar-refractivity contribution in [2.24, 2.45) is 0 Å². The summed E-state index contributed by atoms with van der Waals surface area (Å²) in [5, 5.41) is 12.8. The van der Waals surface area contributed by atoms with Crippen LogP contribution >= 0.6 is 11.6 Å². The predicted octanol–water partition coefficient (Wildman–Crippen LogP) is 3.80. The van der Waals surface area contributed by atoms with Gasteiger partial charge in [0.1, 0.15) is 6.10 Å². The lowest BCUT2D eigenvalue weighted by Gasteiger charge is -2.31. The summed E-state index contributed by atoms with van der Waals surface area (Å²) in [5.41, 5.74) is 2.71. The zero-order chi connectivity index (χ0) is 18.1. The molecule has 8 heteroatoms. The van der Waals surface area contributed by atoms with Crippen LogP contribution in [0.1, 0.15) is 36.0 Å². The number of anilines is 2. The number of hydrogen-bond donors (Lipinski definition) is 2. The lowest BCUT2D eigenvalue weighted by Crippen LogP contribution is -2.41. The lowest BCUT2D eigenvalue weighted by atomic mass is 10.1. The summed E-state index contributed by atoms with van der Waals surface area (Å²) in [4.78, 5) is 21.2. The van der Waals surface area contributed by atoms with Crippen molar-refractivity contribution in [1.29, 1.82) is 0 Å². The topological polar surface area (TPSA) is 87.6 Å². The number of ether oxygens (including phenoxy) is 1. The molecule has 2 N–H and O–H groups in total. The maximum absolute atomic E-state index is 11.1. The molecule has 2 heterocycles. The number of amides is 1. The van der Waals surface area contributed by atoms with Crippen LogP contribution in [0.15, 0.2) is 30.6 Å². The molecular formula is C18H19ClN4O3. The van der Waals surface area contributed by atoms with Crippen molar-refractivity contribution >= 4 is 29.3 Å². The third kappa shape index (κ3) is 3.73. The number of rotatable bonds is 4. The second-order valence-electron chi connectivity index (χ2n) is 6.57. The van der Waals surface area contributed by atoms with E-state index in [1.807, 2.05) is 24.5 Å². The molecule has 1 aliphatic heterocycles. The Labute approximate surface area is 156 Å². The van der Waals surface area contributed by atoms with Crippen LogP contribution in [0.3, 0.4) is 0 Å². The van der Waals surface area contributed by atoms with Crippen LogP contribution < -0.4 is 5.32 Å². The van der Waals surface area contributed by atoms with Crippen molar-refractivity contribution in [2.75, 3.05) is 25.0 Å². The number of morpholine rings is 1. The maximum atomic E-state index is 11.1. The second-order valence-corrected chi connectivity index (χ2v) is 6.97. The molecule has 2 aliphatic rings. The number of halogens is 1. The molecule has 2 fully saturated rings. The van der Waals surface area contributed by atoms with Crippen molar-refractivity contribution < 1.29 is 14.6 Å². The van der Waals surface area contributed by atoms with Gasteiger partial charge in [0, 0.05) is 18.9 Å². The molecule has 0 spiro atoms. The first-order chi connectivity index (χ1) is 12.6. The predicted molar refractivity (Wildman–Crippen MR) is 97.0 cm³/mol. The molecule has 1 aromatic heterocycles. The molecule has 1 amide bonds. The second kappa shape index (κ2) is 7.09. The van der Waals surface area contributed by atoms with Gasteiger partial charge >= 0.3 is 6.09 Å². The summed E-state index contributed by atoms with van der Waals surface area (Å²) in [6, 6.07) is 5.50. The van der Waals surface area contributed by atoms with Gasteiger partial charge in [0.2, 0.25) is 5.95 Å². The van der Waals surface area contributed by atoms with E-state index in [0.29, 0.717) is 42.3 Å². The fourth-order valence-corrected chi connectivity index (χ4v) is 3.24. The molecule has 136 valence electrons. The summed E-state index contributed by atoms with van der Waals surface area (Å²) in [7, 11) is 0. The van der Waals surface area contributed by atoms with Crippen molar-refractivity contribution in [3.63, 3.8) is 0 Å². The van der Waals surface area contributed by atoms with E-state index in [-0.39, 0.29) is 6.10 Å². The molecular weight excluding hydrogens is 356 g/mol. The van der Waals surface area contributed by atoms with Crippen molar-refractivity contribution in [2.45, 2.75) is 24.9 Å². The zero-order valence-electron chi connectivity index (χ0n) is 14.1. The molecule has 26 heavy (non-hydrogen) atoms. The lowest BCUT2D eigenvalue weighted by molar-refractivity contribution is -0.0231. The Morgan fingerprint density at radius 3 is 2.69 bits per heavy atom. The average Bonchev–Trinajstić information content (AvgIpc) is 3.49. The van der Waals surface area contributed by atoms with E-state index in [4.69, 9.17) is 21.4 Å². The first kappa shape index (κ1) is 17.1. The monoisotopic (exact) mass is 374 g/mol. The van der Waals surface area contributed by atoms with Gasteiger partial charge in [0.15, 0.2) is 0 Å². The highest BCUT2D eigenvalue weighted by molar-refractivity contribution is 6.33. The highest BCUT2D eigenvalue weighted by Crippen LogP contribution is 2.39. The van der Waals surface area contributed by atoms with Gasteiger partial charge in [-0.25, -0.2) is 14.8 Å². The third-order valence-corrected chi connectivity index (χ3v) is 4.98. The van der Waals surface area contributed by atoms with E-state index < -0.39 is 6.09 Å². The summed E-state index contributed by atoms with van der Waals surface area (Å²) in [6.07, 6.45) is 4.88. The van der Waals surface area contributed by atoms with Crippen LogP contribution in [0.5, 0.6) is 0 Å². The van der Waals surface area contributed by atoms with Crippen molar-refractivity contribution in [1.82, 2.24) is 14.9 Å². The Hall–Kier alpha value is -2.38. The molecule has 1 saturated carbocycles. The van der Waals surface area contributed by atoms with Crippen LogP contribution in [0.2, 0.25) is 5.02 Å². The Kier molecular flexibility index (Phi) is 4.65. The minimum absolute atomic E-state index is 0.296. The van der Waals surface area contributed by atoms with Gasteiger partial charge in [-0.2, -0.15) is 0 Å². The number of carbonyl (C=O) groups is 1. The van der Waals surface area contributed by atoms with Crippen LogP contribution in [-0.4, -0.2) is 45.8 Å². The smallest absolute Gasteiger partial charge is 0.407 e. The standard InChI is InChI=1S/C18H19ClN4O3/c19-14-7-12(16-10-23(18(24)25)5-6-26-16)3-4-15(14)22-17-20-8-13(9-21-17)11-1-2-11/h3-4,7-9,11,16H,1-2,5-6,10H2,(H,24,25)(H,20,21,22). The van der Waals surface area contributed by atoms with Gasteiger partial charge in [-0.3, -0.25) is 0 Å². The van der Waals surface area contributed by atoms with Gasteiger partial charge in [0.05, 0.1) is 23.9 Å². The third-order valence-electron chi connectivity index (χ3n) is 4.67. The van der Waals surface area contributed by atoms with Gasteiger partial charge in [-0.15, -0.1) is 0 Å². The maximum Gasteiger partial charge on any atom is 0.407 e. The minimum Gasteiger partial charge on any atom is -0.465 e. The first-order valence-electron chi connectivity index (χ1n) is 8.58. The van der Waals surface area contributed by atoms with Crippen LogP contribution in [0, 0.1) is 0 Å². The molecule has 1 atom stereocenters. The SMILES string of the molecule is O=C(O)N1CCOC(c2ccc(Nc3ncc(C4CC4)cn3)c(Cl)c2)C1. The molecule has 7 nitrogen and oxygen atoms in total. The highest BCUT2D eigenvalue weighted by atomic mass is 35.5. The number of benzene rings is 1. The largest absolute Gasteiger partial charge is 0.465 e. The first-order valence-corrected chi connectivity index (χ1v) is 8.96. The zero-order valence-corrected chi connectivity index (χ0v) is 14.8. The number of nitrogens with one attached hydrogen (secondary N) is 1.